The van der Waals surface area contributed by atoms with Gasteiger partial charge >= 0.3 is 0 Å². The minimum Gasteiger partial charge on any atom is -0.347 e. The van der Waals surface area contributed by atoms with Crippen LogP contribution in [0.4, 0.5) is 5.82 Å². The van der Waals surface area contributed by atoms with Crippen LogP contribution in [0.3, 0.4) is 0 Å². The Morgan fingerprint density at radius 1 is 1.04 bits per heavy atom. The Morgan fingerprint density at radius 2 is 1.75 bits per heavy atom. The molecule has 2 aromatic rings. The van der Waals surface area contributed by atoms with Crippen molar-refractivity contribution in [1.82, 2.24) is 15.1 Å². The molecule has 1 aromatic heterocycles. The van der Waals surface area contributed by atoms with Crippen LogP contribution in [0, 0.1) is 0 Å². The Morgan fingerprint density at radius 3 is 2.38 bits per heavy atom. The van der Waals surface area contributed by atoms with E-state index in [0.717, 1.165) is 25.5 Å². The van der Waals surface area contributed by atoms with Crippen molar-refractivity contribution in [3.63, 3.8) is 0 Å². The monoisotopic (exact) mass is 342 g/mol. The Balaban J connectivity index is 1.60. The van der Waals surface area contributed by atoms with Crippen molar-refractivity contribution in [1.29, 1.82) is 0 Å². The molecular weight excluding hydrogens is 320 g/mol. The SMILES string of the molecule is CC1CN(C/C=C/c2ccccc2)CC(C)N1c1ccc(Cl)nn1. The van der Waals surface area contributed by atoms with Crippen LogP contribution in [-0.2, 0) is 0 Å². The van der Waals surface area contributed by atoms with Crippen LogP contribution in [0.5, 0.6) is 0 Å². The summed E-state index contributed by atoms with van der Waals surface area (Å²) in [6, 6.07) is 14.9. The normalized spacial score (nSPS) is 22.2. The number of piperazine rings is 1. The van der Waals surface area contributed by atoms with E-state index in [1.54, 1.807) is 6.07 Å². The number of anilines is 1. The minimum atomic E-state index is 0.384. The van der Waals surface area contributed by atoms with Crippen molar-refractivity contribution in [3.8, 4) is 0 Å². The molecule has 1 aliphatic heterocycles. The Hall–Kier alpha value is -1.91. The highest BCUT2D eigenvalue weighted by Gasteiger charge is 2.29. The molecule has 0 N–H and O–H groups in total. The zero-order valence-electron chi connectivity index (χ0n) is 14.1. The summed E-state index contributed by atoms with van der Waals surface area (Å²) in [5, 5.41) is 8.65. The number of aromatic nitrogens is 2. The van der Waals surface area contributed by atoms with Gasteiger partial charge in [-0.2, -0.15) is 0 Å². The molecule has 0 amide bonds. The van der Waals surface area contributed by atoms with E-state index >= 15 is 0 Å². The first-order valence-electron chi connectivity index (χ1n) is 8.35. The van der Waals surface area contributed by atoms with Crippen molar-refractivity contribution in [2.45, 2.75) is 25.9 Å². The quantitative estimate of drug-likeness (QED) is 0.847. The van der Waals surface area contributed by atoms with E-state index in [0.29, 0.717) is 17.2 Å². The van der Waals surface area contributed by atoms with Crippen LogP contribution in [-0.4, -0.2) is 46.8 Å². The fourth-order valence-electron chi connectivity index (χ4n) is 3.38. The average molecular weight is 343 g/mol. The molecule has 126 valence electrons. The largest absolute Gasteiger partial charge is 0.347 e. The summed E-state index contributed by atoms with van der Waals surface area (Å²) in [6.45, 7) is 7.45. The molecule has 1 saturated heterocycles. The zero-order valence-corrected chi connectivity index (χ0v) is 14.9. The highest BCUT2D eigenvalue weighted by atomic mass is 35.5. The number of benzene rings is 1. The van der Waals surface area contributed by atoms with Crippen molar-refractivity contribution >= 4 is 23.5 Å². The zero-order chi connectivity index (χ0) is 16.9. The molecular formula is C19H23ClN4. The maximum atomic E-state index is 5.85. The minimum absolute atomic E-state index is 0.384. The van der Waals surface area contributed by atoms with E-state index in [4.69, 9.17) is 11.6 Å². The summed E-state index contributed by atoms with van der Waals surface area (Å²) >= 11 is 5.85. The molecule has 24 heavy (non-hydrogen) atoms. The molecule has 1 fully saturated rings. The lowest BCUT2D eigenvalue weighted by Crippen LogP contribution is -2.57. The molecule has 0 radical (unpaired) electrons. The number of rotatable bonds is 4. The molecule has 0 bridgehead atoms. The third-order valence-electron chi connectivity index (χ3n) is 4.35. The summed E-state index contributed by atoms with van der Waals surface area (Å²) in [5.41, 5.74) is 1.24. The summed E-state index contributed by atoms with van der Waals surface area (Å²) in [7, 11) is 0. The molecule has 0 aliphatic carbocycles. The van der Waals surface area contributed by atoms with E-state index in [9.17, 15) is 0 Å². The maximum absolute atomic E-state index is 5.85. The van der Waals surface area contributed by atoms with Gasteiger partial charge in [-0.1, -0.05) is 54.1 Å². The van der Waals surface area contributed by atoms with Crippen molar-refractivity contribution in [2.24, 2.45) is 0 Å². The standard InChI is InChI=1S/C19H23ClN4/c1-15-13-23(12-6-9-17-7-4-3-5-8-17)14-16(2)24(15)19-11-10-18(20)21-22-19/h3-11,15-16H,12-14H2,1-2H3/b9-6+. The van der Waals surface area contributed by atoms with E-state index in [1.165, 1.54) is 5.56 Å². The highest BCUT2D eigenvalue weighted by Crippen LogP contribution is 2.23. The number of halogens is 1. The van der Waals surface area contributed by atoms with Crippen LogP contribution in [0.2, 0.25) is 5.15 Å². The summed E-state index contributed by atoms with van der Waals surface area (Å²) in [6.07, 6.45) is 4.43. The van der Waals surface area contributed by atoms with Crippen molar-refractivity contribution in [3.05, 3.63) is 59.3 Å². The van der Waals surface area contributed by atoms with Crippen LogP contribution in [0.25, 0.3) is 6.08 Å². The molecule has 2 heterocycles. The van der Waals surface area contributed by atoms with Gasteiger partial charge in [-0.15, -0.1) is 10.2 Å². The van der Waals surface area contributed by atoms with Gasteiger partial charge in [-0.3, -0.25) is 4.90 Å². The third-order valence-corrected chi connectivity index (χ3v) is 4.55. The van der Waals surface area contributed by atoms with E-state index < -0.39 is 0 Å². The third kappa shape index (κ3) is 4.13. The van der Waals surface area contributed by atoms with Gasteiger partial charge in [-0.25, -0.2) is 0 Å². The van der Waals surface area contributed by atoms with Gasteiger partial charge in [0, 0.05) is 31.7 Å². The predicted octanol–water partition coefficient (Wildman–Crippen LogP) is 3.74. The lowest BCUT2D eigenvalue weighted by atomic mass is 10.1. The summed E-state index contributed by atoms with van der Waals surface area (Å²) < 4.78 is 0. The molecule has 3 rings (SSSR count). The molecule has 0 spiro atoms. The van der Waals surface area contributed by atoms with E-state index in [1.807, 2.05) is 12.1 Å². The molecule has 2 atom stereocenters. The average Bonchev–Trinajstić information content (AvgIpc) is 2.57. The summed E-state index contributed by atoms with van der Waals surface area (Å²) in [4.78, 5) is 4.81. The lowest BCUT2D eigenvalue weighted by molar-refractivity contribution is 0.218. The fraction of sp³-hybridized carbons (Fsp3) is 0.368. The number of hydrogen-bond acceptors (Lipinski definition) is 4. The van der Waals surface area contributed by atoms with Gasteiger partial charge in [0.1, 0.15) is 0 Å². The van der Waals surface area contributed by atoms with Gasteiger partial charge in [0.05, 0.1) is 0 Å². The molecule has 1 aliphatic rings. The summed E-state index contributed by atoms with van der Waals surface area (Å²) in [5.74, 6) is 0.902. The van der Waals surface area contributed by atoms with Crippen LogP contribution in [0.1, 0.15) is 19.4 Å². The molecule has 5 heteroatoms. The second-order valence-corrected chi connectivity index (χ2v) is 6.74. The van der Waals surface area contributed by atoms with Gasteiger partial charge < -0.3 is 4.90 Å². The maximum Gasteiger partial charge on any atom is 0.151 e. The van der Waals surface area contributed by atoms with Crippen LogP contribution < -0.4 is 4.90 Å². The van der Waals surface area contributed by atoms with Gasteiger partial charge in [0.2, 0.25) is 0 Å². The van der Waals surface area contributed by atoms with E-state index in [-0.39, 0.29) is 0 Å². The van der Waals surface area contributed by atoms with Crippen molar-refractivity contribution in [2.75, 3.05) is 24.5 Å². The molecule has 1 aromatic carbocycles. The van der Waals surface area contributed by atoms with E-state index in [2.05, 4.69) is 70.3 Å². The predicted molar refractivity (Wildman–Crippen MR) is 100 cm³/mol. The van der Waals surface area contributed by atoms with Gasteiger partial charge in [0.25, 0.3) is 0 Å². The van der Waals surface area contributed by atoms with Crippen molar-refractivity contribution < 1.29 is 0 Å². The molecule has 0 saturated carbocycles. The first-order chi connectivity index (χ1) is 11.6. The highest BCUT2D eigenvalue weighted by molar-refractivity contribution is 6.29. The Kier molecular flexibility index (Phi) is 5.48. The number of hydrogen-bond donors (Lipinski definition) is 0. The van der Waals surface area contributed by atoms with Crippen LogP contribution >= 0.6 is 11.6 Å². The smallest absolute Gasteiger partial charge is 0.151 e. The second kappa shape index (κ2) is 7.77. The van der Waals surface area contributed by atoms with Gasteiger partial charge in [-0.05, 0) is 31.5 Å². The lowest BCUT2D eigenvalue weighted by Gasteiger charge is -2.44. The second-order valence-electron chi connectivity index (χ2n) is 6.35. The fourth-order valence-corrected chi connectivity index (χ4v) is 3.48. The molecule has 2 unspecified atom stereocenters. The van der Waals surface area contributed by atoms with Crippen LogP contribution in [0.15, 0.2) is 48.5 Å². The molecule has 4 nitrogen and oxygen atoms in total. The topological polar surface area (TPSA) is 32.3 Å². The first kappa shape index (κ1) is 16.9. The number of nitrogens with zero attached hydrogens (tertiary/aromatic N) is 4. The van der Waals surface area contributed by atoms with Gasteiger partial charge in [0.15, 0.2) is 11.0 Å². The Bertz CT molecular complexity index is 660. The Labute approximate surface area is 148 Å². The first-order valence-corrected chi connectivity index (χ1v) is 8.73.